The Labute approximate surface area is 299 Å². The number of alkyl carbamates (subject to hydrolysis) is 1. The summed E-state index contributed by atoms with van der Waals surface area (Å²) in [5.74, 6) is -2.49. The fraction of sp³-hybridized carbons (Fsp3) is 0.485. The van der Waals surface area contributed by atoms with Crippen molar-refractivity contribution in [1.82, 2.24) is 31.1 Å². The summed E-state index contributed by atoms with van der Waals surface area (Å²) in [6.45, 7) is 8.79. The van der Waals surface area contributed by atoms with E-state index < -0.39 is 52.0 Å². The molecule has 264 valence electrons. The number of ether oxygens (including phenoxy) is 2. The number of amides is 2. The number of fused-ring (bicyclic) bond motifs is 1. The number of guanidine groups is 1. The van der Waals surface area contributed by atoms with Crippen LogP contribution in [-0.2, 0) is 16.7 Å². The molecule has 1 spiro atoms. The van der Waals surface area contributed by atoms with E-state index in [9.17, 15) is 19.8 Å². The van der Waals surface area contributed by atoms with E-state index in [1.54, 1.807) is 12.1 Å². The number of hydrogen-bond acceptors (Lipinski definition) is 11. The molecule has 0 radical (unpaired) electrons. The van der Waals surface area contributed by atoms with Gasteiger partial charge in [0.05, 0.1) is 30.1 Å². The number of carbonyl (C=O) groups is 2. The summed E-state index contributed by atoms with van der Waals surface area (Å²) in [5, 5.41) is 36.1. The minimum absolute atomic E-state index is 0.0425. The summed E-state index contributed by atoms with van der Waals surface area (Å²) in [6, 6.07) is 12.4. The van der Waals surface area contributed by atoms with Crippen LogP contribution in [0.1, 0.15) is 41.8 Å². The molecule has 6 N–H and O–H groups in total. The van der Waals surface area contributed by atoms with Crippen LogP contribution in [0.2, 0.25) is 0 Å². The standard InChI is InChI=1S/C33H40Cl3N7O6/c1-19-37-26-23(16-42(4)15-20-9-6-5-7-10-20)38-28(40-29(45)49-18-31(34,35)36)43-17-24(33(46,47)32(26,43)41-19)39-27(44)21-11-8-12-22-25(21)48-14-13-30(22,2)3/h5-12,23-24,26,37,41,46-47H,1,13-18H2,2-4H3,(H,39,44)(H,38,40,45)/t23-,24-,26-,32-/m0/s1. The molecule has 49 heavy (non-hydrogen) atoms. The Morgan fingerprint density at radius 3 is 2.63 bits per heavy atom. The van der Waals surface area contributed by atoms with E-state index in [2.05, 4.69) is 41.7 Å². The predicted octanol–water partition coefficient (Wildman–Crippen LogP) is 2.54. The molecule has 4 heterocycles. The van der Waals surface area contributed by atoms with Gasteiger partial charge in [-0.3, -0.25) is 15.0 Å². The Kier molecular flexibility index (Phi) is 9.40. The second-order valence-electron chi connectivity index (χ2n) is 13.5. The minimum Gasteiger partial charge on any atom is -0.492 e. The van der Waals surface area contributed by atoms with Crippen LogP contribution in [0.4, 0.5) is 4.79 Å². The van der Waals surface area contributed by atoms with Crippen molar-refractivity contribution in [3.63, 3.8) is 0 Å². The molecule has 2 fully saturated rings. The molecule has 0 aromatic heterocycles. The number of likely N-dealkylation sites (N-methyl/N-ethyl adjacent to an activating group) is 1. The molecule has 6 rings (SSSR count). The Morgan fingerprint density at radius 1 is 1.18 bits per heavy atom. The lowest BCUT2D eigenvalue weighted by atomic mass is 9.79. The second kappa shape index (κ2) is 13.0. The zero-order valence-electron chi connectivity index (χ0n) is 27.3. The first kappa shape index (κ1) is 35.4. The molecular weight excluding hydrogens is 697 g/mol. The third-order valence-corrected chi connectivity index (χ3v) is 9.86. The van der Waals surface area contributed by atoms with Gasteiger partial charge >= 0.3 is 6.09 Å². The molecule has 0 bridgehead atoms. The zero-order chi connectivity index (χ0) is 35.4. The Balaban J connectivity index is 1.33. The van der Waals surface area contributed by atoms with Gasteiger partial charge in [-0.15, -0.1) is 0 Å². The van der Waals surface area contributed by atoms with Gasteiger partial charge in [-0.1, -0.05) is 97.7 Å². The normalized spacial score (nSPS) is 26.3. The van der Waals surface area contributed by atoms with E-state index in [0.717, 1.165) is 17.5 Å². The SMILES string of the molecule is C=C1N[C@H]2[C@H](CN(C)Cc3ccccc3)N=C(NC(=O)OCC(Cl)(Cl)Cl)N3C[C@H](NC(=O)c4cccc5c4OCCC5(C)C)C(O)(O)[C@]23N1. The first-order valence-electron chi connectivity index (χ1n) is 15.9. The van der Waals surface area contributed by atoms with Crippen LogP contribution in [0.25, 0.3) is 0 Å². The average Bonchev–Trinajstić information content (AvgIpc) is 3.49. The smallest absolute Gasteiger partial charge is 0.414 e. The highest BCUT2D eigenvalue weighted by Crippen LogP contribution is 2.46. The number of halogens is 3. The van der Waals surface area contributed by atoms with Crippen LogP contribution in [-0.4, -0.2) is 105 Å². The second-order valence-corrected chi connectivity index (χ2v) is 16.1. The van der Waals surface area contributed by atoms with Crippen molar-refractivity contribution in [2.75, 3.05) is 33.4 Å². The van der Waals surface area contributed by atoms with Gasteiger partial charge in [0.15, 0.2) is 5.66 Å². The summed E-state index contributed by atoms with van der Waals surface area (Å²) in [4.78, 5) is 35.3. The largest absolute Gasteiger partial charge is 0.492 e. The van der Waals surface area contributed by atoms with E-state index in [1.807, 2.05) is 48.3 Å². The maximum absolute atomic E-state index is 13.9. The quantitative estimate of drug-likeness (QED) is 0.184. The Morgan fingerprint density at radius 2 is 1.92 bits per heavy atom. The number of rotatable bonds is 7. The van der Waals surface area contributed by atoms with Crippen LogP contribution < -0.4 is 26.0 Å². The molecular formula is C33H40Cl3N7O6. The van der Waals surface area contributed by atoms with Gasteiger partial charge < -0.3 is 40.5 Å². The molecule has 0 saturated carbocycles. The first-order valence-corrected chi connectivity index (χ1v) is 17.0. The van der Waals surface area contributed by atoms with Crippen molar-refractivity contribution in [2.45, 2.75) is 65.6 Å². The molecule has 0 unspecified atom stereocenters. The van der Waals surface area contributed by atoms with E-state index in [1.165, 1.54) is 4.90 Å². The molecule has 16 heteroatoms. The highest BCUT2D eigenvalue weighted by atomic mass is 35.6. The summed E-state index contributed by atoms with van der Waals surface area (Å²) >= 11 is 17.4. The average molecular weight is 737 g/mol. The highest BCUT2D eigenvalue weighted by Gasteiger charge is 2.73. The number of hydrogen-bond donors (Lipinski definition) is 6. The fourth-order valence-electron chi connectivity index (χ4n) is 7.17. The van der Waals surface area contributed by atoms with Crippen molar-refractivity contribution < 1.29 is 29.3 Å². The molecule has 4 atom stereocenters. The maximum Gasteiger partial charge on any atom is 0.414 e. The molecule has 2 amide bonds. The Bertz CT molecular complexity index is 1650. The van der Waals surface area contributed by atoms with Gasteiger partial charge in [0, 0.05) is 25.2 Å². The summed E-state index contributed by atoms with van der Waals surface area (Å²) in [7, 11) is 1.91. The number of nitrogens with one attached hydrogen (secondary N) is 4. The third kappa shape index (κ3) is 6.72. The van der Waals surface area contributed by atoms with E-state index in [0.29, 0.717) is 31.3 Å². The summed E-state index contributed by atoms with van der Waals surface area (Å²) in [6.07, 6.45) is -0.198. The van der Waals surface area contributed by atoms with Crippen molar-refractivity contribution >= 4 is 52.8 Å². The lowest BCUT2D eigenvalue weighted by molar-refractivity contribution is -0.231. The van der Waals surface area contributed by atoms with Gasteiger partial charge in [0.25, 0.3) is 5.91 Å². The zero-order valence-corrected chi connectivity index (χ0v) is 29.6. The van der Waals surface area contributed by atoms with Crippen LogP contribution in [0.5, 0.6) is 5.75 Å². The monoisotopic (exact) mass is 735 g/mol. The van der Waals surface area contributed by atoms with Crippen LogP contribution in [0.3, 0.4) is 0 Å². The number of aliphatic imine (C=N–C) groups is 1. The molecule has 4 aliphatic rings. The number of alkyl halides is 3. The van der Waals surface area contributed by atoms with Crippen LogP contribution >= 0.6 is 34.8 Å². The van der Waals surface area contributed by atoms with Gasteiger partial charge in [-0.25, -0.2) is 9.79 Å². The third-order valence-electron chi connectivity index (χ3n) is 9.53. The van der Waals surface area contributed by atoms with Gasteiger partial charge in [0.2, 0.25) is 15.5 Å². The molecule has 4 aliphatic heterocycles. The summed E-state index contributed by atoms with van der Waals surface area (Å²) < 4.78 is 9.23. The molecule has 2 saturated heterocycles. The van der Waals surface area contributed by atoms with Crippen molar-refractivity contribution in [1.29, 1.82) is 0 Å². The molecule has 13 nitrogen and oxygen atoms in total. The highest BCUT2D eigenvalue weighted by molar-refractivity contribution is 6.67. The molecule has 0 aliphatic carbocycles. The minimum atomic E-state index is -2.64. The van der Waals surface area contributed by atoms with Crippen molar-refractivity contribution in [3.05, 3.63) is 77.6 Å². The lowest BCUT2D eigenvalue weighted by Crippen LogP contribution is -2.78. The van der Waals surface area contributed by atoms with E-state index >= 15 is 0 Å². The van der Waals surface area contributed by atoms with E-state index in [-0.39, 0.29) is 23.5 Å². The molecule has 2 aromatic rings. The van der Waals surface area contributed by atoms with E-state index in [4.69, 9.17) is 49.3 Å². The van der Waals surface area contributed by atoms with Crippen LogP contribution in [0, 0.1) is 0 Å². The first-order chi connectivity index (χ1) is 23.0. The molecule has 2 aromatic carbocycles. The van der Waals surface area contributed by atoms with Crippen molar-refractivity contribution in [3.8, 4) is 5.75 Å². The maximum atomic E-state index is 13.9. The number of para-hydroxylation sites is 1. The number of aliphatic hydroxyl groups is 2. The van der Waals surface area contributed by atoms with Gasteiger partial charge in [0.1, 0.15) is 18.4 Å². The fourth-order valence-corrected chi connectivity index (χ4v) is 7.33. The lowest BCUT2D eigenvalue weighted by Gasteiger charge is -2.50. The Hall–Kier alpha value is -3.46. The van der Waals surface area contributed by atoms with Crippen molar-refractivity contribution in [2.24, 2.45) is 4.99 Å². The predicted molar refractivity (Wildman–Crippen MR) is 185 cm³/mol. The van der Waals surface area contributed by atoms with Gasteiger partial charge in [-0.2, -0.15) is 0 Å². The summed E-state index contributed by atoms with van der Waals surface area (Å²) in [5.41, 5.74) is 0.250. The number of carbonyl (C=O) groups excluding carboxylic acids is 2. The van der Waals surface area contributed by atoms with Gasteiger partial charge in [-0.05, 0) is 30.5 Å². The topological polar surface area (TPSA) is 160 Å². The number of benzene rings is 2. The van der Waals surface area contributed by atoms with Crippen LogP contribution in [0.15, 0.2) is 65.9 Å². The number of nitrogens with zero attached hydrogens (tertiary/aromatic N) is 3.